The molecule has 0 saturated heterocycles. The number of nitrogen functional groups attached to an aromatic ring is 1. The number of aliphatic carboxylic acids is 1. The van der Waals surface area contributed by atoms with Crippen LogP contribution in [-0.2, 0) is 4.79 Å². The first kappa shape index (κ1) is 9.31. The zero-order valence-corrected chi connectivity index (χ0v) is 6.75. The number of hydrogen-bond acceptors (Lipinski definition) is 3. The second-order valence-corrected chi connectivity index (χ2v) is 2.49. The van der Waals surface area contributed by atoms with Crippen molar-refractivity contribution < 1.29 is 14.3 Å². The van der Waals surface area contributed by atoms with Gasteiger partial charge in [-0.3, -0.25) is 4.79 Å². The van der Waals surface area contributed by atoms with Crippen molar-refractivity contribution in [2.24, 2.45) is 0 Å². The topological polar surface area (TPSA) is 75.3 Å². The highest BCUT2D eigenvalue weighted by Crippen LogP contribution is 2.16. The molecular weight excluding hydrogens is 175 g/mol. The van der Waals surface area contributed by atoms with Gasteiger partial charge in [0, 0.05) is 5.69 Å². The molecule has 0 bridgehead atoms. The van der Waals surface area contributed by atoms with E-state index in [1.54, 1.807) is 0 Å². The van der Waals surface area contributed by atoms with Crippen molar-refractivity contribution in [3.8, 4) is 0 Å². The number of hydrogen-bond donors (Lipinski definition) is 3. The molecule has 0 amide bonds. The summed E-state index contributed by atoms with van der Waals surface area (Å²) in [6.45, 7) is -0.319. The van der Waals surface area contributed by atoms with E-state index in [0.717, 1.165) is 6.07 Å². The van der Waals surface area contributed by atoms with E-state index in [1.807, 2.05) is 0 Å². The number of nitrogens with two attached hydrogens (primary N) is 1. The highest BCUT2D eigenvalue weighted by Gasteiger charge is 2.03. The molecule has 0 atom stereocenters. The van der Waals surface area contributed by atoms with E-state index in [0.29, 0.717) is 5.69 Å². The maximum absolute atomic E-state index is 13.0. The van der Waals surface area contributed by atoms with Gasteiger partial charge in [0.1, 0.15) is 12.4 Å². The molecule has 4 N–H and O–H groups in total. The van der Waals surface area contributed by atoms with Crippen LogP contribution in [0.25, 0.3) is 0 Å². The van der Waals surface area contributed by atoms with Crippen molar-refractivity contribution in [3.63, 3.8) is 0 Å². The van der Waals surface area contributed by atoms with Crippen molar-refractivity contribution in [2.75, 3.05) is 17.6 Å². The zero-order valence-electron chi connectivity index (χ0n) is 6.75. The molecule has 70 valence electrons. The molecule has 4 nitrogen and oxygen atoms in total. The molecule has 0 aliphatic carbocycles. The second kappa shape index (κ2) is 3.75. The maximum atomic E-state index is 13.0. The van der Waals surface area contributed by atoms with Crippen LogP contribution in [-0.4, -0.2) is 17.6 Å². The van der Waals surface area contributed by atoms with Gasteiger partial charge >= 0.3 is 5.97 Å². The van der Waals surface area contributed by atoms with Crippen LogP contribution in [0.2, 0.25) is 0 Å². The fourth-order valence-electron chi connectivity index (χ4n) is 0.846. The summed E-state index contributed by atoms with van der Waals surface area (Å²) < 4.78 is 13.0. The van der Waals surface area contributed by atoms with Crippen LogP contribution in [0, 0.1) is 5.82 Å². The lowest BCUT2D eigenvalue weighted by atomic mass is 10.2. The molecule has 0 aliphatic heterocycles. The Kier molecular flexibility index (Phi) is 2.69. The predicted octanol–water partition coefficient (Wildman–Crippen LogP) is 0.904. The lowest BCUT2D eigenvalue weighted by Crippen LogP contribution is -2.13. The second-order valence-electron chi connectivity index (χ2n) is 2.49. The molecular formula is C8H9FN2O2. The van der Waals surface area contributed by atoms with Crippen LogP contribution in [0.5, 0.6) is 0 Å². The number of carboxylic acid groups (broad SMARTS) is 1. The van der Waals surface area contributed by atoms with Crippen molar-refractivity contribution in [3.05, 3.63) is 24.0 Å². The normalized spacial score (nSPS) is 9.62. The van der Waals surface area contributed by atoms with E-state index >= 15 is 0 Å². The fourth-order valence-corrected chi connectivity index (χ4v) is 0.846. The zero-order chi connectivity index (χ0) is 9.84. The Morgan fingerprint density at radius 1 is 1.62 bits per heavy atom. The average molecular weight is 184 g/mol. The molecule has 0 aromatic heterocycles. The summed E-state index contributed by atoms with van der Waals surface area (Å²) in [6, 6.07) is 4.02. The maximum Gasteiger partial charge on any atom is 0.322 e. The molecule has 5 heteroatoms. The first-order valence-corrected chi connectivity index (χ1v) is 3.60. The Hall–Kier alpha value is -1.78. The van der Waals surface area contributed by atoms with Crippen LogP contribution in [0.15, 0.2) is 18.2 Å². The molecule has 0 unspecified atom stereocenters. The fraction of sp³-hybridized carbons (Fsp3) is 0.125. The SMILES string of the molecule is Nc1ccc(NCC(=O)O)c(F)c1. The number of anilines is 2. The number of nitrogens with one attached hydrogen (secondary N) is 1. The van der Waals surface area contributed by atoms with Gasteiger partial charge in [-0.05, 0) is 18.2 Å². The summed E-state index contributed by atoms with van der Waals surface area (Å²) in [5, 5.41) is 10.7. The van der Waals surface area contributed by atoms with Gasteiger partial charge in [0.2, 0.25) is 0 Å². The van der Waals surface area contributed by atoms with E-state index in [4.69, 9.17) is 10.8 Å². The largest absolute Gasteiger partial charge is 0.480 e. The lowest BCUT2D eigenvalue weighted by Gasteiger charge is -2.04. The molecule has 0 spiro atoms. The average Bonchev–Trinajstić information content (AvgIpc) is 2.02. The van der Waals surface area contributed by atoms with Crippen LogP contribution in [0.4, 0.5) is 15.8 Å². The number of carboxylic acids is 1. The summed E-state index contributed by atoms with van der Waals surface area (Å²) in [4.78, 5) is 10.1. The standard InChI is InChI=1S/C8H9FN2O2/c9-6-3-5(10)1-2-7(6)11-4-8(12)13/h1-3,11H,4,10H2,(H,12,13). The molecule has 13 heavy (non-hydrogen) atoms. The van der Waals surface area contributed by atoms with E-state index in [-0.39, 0.29) is 12.2 Å². The predicted molar refractivity (Wildman–Crippen MR) is 46.9 cm³/mol. The number of halogens is 1. The van der Waals surface area contributed by atoms with Crippen molar-refractivity contribution in [1.29, 1.82) is 0 Å². The highest BCUT2D eigenvalue weighted by molar-refractivity contribution is 5.73. The van der Waals surface area contributed by atoms with Gasteiger partial charge in [-0.2, -0.15) is 0 Å². The quantitative estimate of drug-likeness (QED) is 0.610. The third-order valence-corrected chi connectivity index (χ3v) is 1.42. The Balaban J connectivity index is 2.72. The van der Waals surface area contributed by atoms with E-state index in [1.165, 1.54) is 12.1 Å². The van der Waals surface area contributed by atoms with Crippen molar-refractivity contribution in [2.45, 2.75) is 0 Å². The van der Waals surface area contributed by atoms with Gasteiger partial charge in [-0.25, -0.2) is 4.39 Å². The van der Waals surface area contributed by atoms with Gasteiger partial charge < -0.3 is 16.2 Å². The van der Waals surface area contributed by atoms with Gasteiger partial charge in [0.15, 0.2) is 0 Å². The smallest absolute Gasteiger partial charge is 0.322 e. The summed E-state index contributed by atoms with van der Waals surface area (Å²) in [7, 11) is 0. The minimum atomic E-state index is -1.05. The Morgan fingerprint density at radius 2 is 2.31 bits per heavy atom. The van der Waals surface area contributed by atoms with Gasteiger partial charge in [-0.15, -0.1) is 0 Å². The summed E-state index contributed by atoms with van der Waals surface area (Å²) in [6.07, 6.45) is 0. The van der Waals surface area contributed by atoms with Gasteiger partial charge in [0.25, 0.3) is 0 Å². The van der Waals surface area contributed by atoms with Crippen LogP contribution in [0.1, 0.15) is 0 Å². The molecule has 1 aromatic rings. The van der Waals surface area contributed by atoms with E-state index in [2.05, 4.69) is 5.32 Å². The first-order chi connectivity index (χ1) is 6.09. The van der Waals surface area contributed by atoms with Crippen molar-refractivity contribution >= 4 is 17.3 Å². The van der Waals surface area contributed by atoms with Crippen LogP contribution in [0.3, 0.4) is 0 Å². The minimum absolute atomic E-state index is 0.136. The van der Waals surface area contributed by atoms with Crippen LogP contribution < -0.4 is 11.1 Å². The Morgan fingerprint density at radius 3 is 2.85 bits per heavy atom. The molecule has 0 fully saturated rings. The molecule has 0 aliphatic rings. The van der Waals surface area contributed by atoms with E-state index < -0.39 is 11.8 Å². The number of carbonyl (C=O) groups is 1. The molecule has 1 aromatic carbocycles. The highest BCUT2D eigenvalue weighted by atomic mass is 19.1. The molecule has 0 saturated carbocycles. The summed E-state index contributed by atoms with van der Waals surface area (Å²) in [5.41, 5.74) is 5.74. The number of rotatable bonds is 3. The molecule has 0 radical (unpaired) electrons. The first-order valence-electron chi connectivity index (χ1n) is 3.60. The van der Waals surface area contributed by atoms with Gasteiger partial charge in [0.05, 0.1) is 5.69 Å². The monoisotopic (exact) mass is 184 g/mol. The van der Waals surface area contributed by atoms with E-state index in [9.17, 15) is 9.18 Å². The lowest BCUT2D eigenvalue weighted by molar-refractivity contribution is -0.134. The van der Waals surface area contributed by atoms with Crippen LogP contribution >= 0.6 is 0 Å². The third kappa shape index (κ3) is 2.62. The third-order valence-electron chi connectivity index (χ3n) is 1.42. The Bertz CT molecular complexity index is 328. The molecule has 1 rings (SSSR count). The molecule has 0 heterocycles. The van der Waals surface area contributed by atoms with Crippen molar-refractivity contribution in [1.82, 2.24) is 0 Å². The minimum Gasteiger partial charge on any atom is -0.480 e. The summed E-state index contributed by atoms with van der Waals surface area (Å²) >= 11 is 0. The van der Waals surface area contributed by atoms with Gasteiger partial charge in [-0.1, -0.05) is 0 Å². The Labute approximate surface area is 74.2 Å². The summed E-state index contributed by atoms with van der Waals surface area (Å²) in [5.74, 6) is -1.60. The number of benzene rings is 1.